The fraction of sp³-hybridized carbons (Fsp3) is 0.280. The zero-order valence-electron chi connectivity index (χ0n) is 20.4. The molecule has 34 heavy (non-hydrogen) atoms. The van der Waals surface area contributed by atoms with E-state index in [2.05, 4.69) is 10.6 Å². The normalized spacial score (nSPS) is 10.2. The summed E-state index contributed by atoms with van der Waals surface area (Å²) in [7, 11) is 11.1. The lowest BCUT2D eigenvalue weighted by atomic mass is 10.2. The summed E-state index contributed by atoms with van der Waals surface area (Å²) in [6.07, 6.45) is 0. The Morgan fingerprint density at radius 2 is 0.971 bits per heavy atom. The highest BCUT2D eigenvalue weighted by molar-refractivity contribution is 5.84. The molecule has 0 bridgehead atoms. The third kappa shape index (κ3) is 5.09. The number of ether oxygens (including phenoxy) is 7. The van der Waals surface area contributed by atoms with Gasteiger partial charge < -0.3 is 43.8 Å². The highest BCUT2D eigenvalue weighted by Gasteiger charge is 2.19. The van der Waals surface area contributed by atoms with Crippen molar-refractivity contribution in [2.45, 2.75) is 0 Å². The average molecular weight is 471 g/mol. The van der Waals surface area contributed by atoms with Gasteiger partial charge in [-0.15, -0.1) is 0 Å². The Kier molecular flexibility index (Phi) is 8.02. The predicted molar refractivity (Wildman–Crippen MR) is 132 cm³/mol. The Morgan fingerprint density at radius 1 is 0.441 bits per heavy atom. The molecule has 0 unspecified atom stereocenters. The van der Waals surface area contributed by atoms with Crippen LogP contribution in [-0.2, 0) is 0 Å². The first kappa shape index (κ1) is 24.5. The first-order chi connectivity index (χ1) is 16.5. The van der Waals surface area contributed by atoms with Crippen LogP contribution < -0.4 is 43.8 Å². The van der Waals surface area contributed by atoms with Gasteiger partial charge in [0.25, 0.3) is 0 Å². The maximum atomic E-state index is 5.63. The molecule has 0 aliphatic heterocycles. The Balaban J connectivity index is 2.11. The average Bonchev–Trinajstić information content (AvgIpc) is 2.88. The molecule has 0 fully saturated rings. The molecule has 0 atom stereocenters. The molecule has 0 aliphatic carbocycles. The van der Waals surface area contributed by atoms with Crippen LogP contribution in [0.4, 0.5) is 22.7 Å². The number of nitrogens with one attached hydrogen (secondary N) is 2. The van der Waals surface area contributed by atoms with Gasteiger partial charge in [-0.1, -0.05) is 0 Å². The van der Waals surface area contributed by atoms with Crippen molar-refractivity contribution in [1.82, 2.24) is 0 Å². The summed E-state index contributed by atoms with van der Waals surface area (Å²) in [5.74, 6) is 3.94. The number of hydrogen-bond acceptors (Lipinski definition) is 9. The van der Waals surface area contributed by atoms with E-state index in [-0.39, 0.29) is 0 Å². The lowest BCUT2D eigenvalue weighted by Crippen LogP contribution is -2.03. The molecule has 182 valence electrons. The second kappa shape index (κ2) is 11.1. The first-order valence-corrected chi connectivity index (χ1v) is 10.3. The van der Waals surface area contributed by atoms with Crippen molar-refractivity contribution in [3.63, 3.8) is 0 Å². The van der Waals surface area contributed by atoms with Gasteiger partial charge in [0.2, 0.25) is 5.75 Å². The van der Waals surface area contributed by atoms with Gasteiger partial charge in [0.05, 0.1) is 66.8 Å². The number of rotatable bonds is 11. The van der Waals surface area contributed by atoms with E-state index in [0.29, 0.717) is 57.3 Å². The molecule has 3 rings (SSSR count). The third-order valence-electron chi connectivity index (χ3n) is 5.13. The van der Waals surface area contributed by atoms with Crippen LogP contribution >= 0.6 is 0 Å². The molecule has 0 aromatic heterocycles. The highest BCUT2D eigenvalue weighted by Crippen LogP contribution is 2.46. The molecule has 3 aromatic carbocycles. The van der Waals surface area contributed by atoms with Crippen molar-refractivity contribution in [3.8, 4) is 40.2 Å². The van der Waals surface area contributed by atoms with Gasteiger partial charge in [-0.3, -0.25) is 0 Å². The lowest BCUT2D eigenvalue weighted by Gasteiger charge is -2.20. The third-order valence-corrected chi connectivity index (χ3v) is 5.13. The molecule has 0 saturated heterocycles. The summed E-state index contributed by atoms with van der Waals surface area (Å²) in [6, 6.07) is 12.8. The molecule has 0 heterocycles. The monoisotopic (exact) mass is 470 g/mol. The summed E-state index contributed by atoms with van der Waals surface area (Å²) in [5, 5.41) is 6.80. The molecule has 2 N–H and O–H groups in total. The topological polar surface area (TPSA) is 88.7 Å². The Bertz CT molecular complexity index is 1110. The smallest absolute Gasteiger partial charge is 0.205 e. The molecule has 3 aromatic rings. The van der Waals surface area contributed by atoms with E-state index in [1.807, 2.05) is 30.3 Å². The van der Waals surface area contributed by atoms with E-state index in [1.54, 1.807) is 61.9 Å². The van der Waals surface area contributed by atoms with Crippen molar-refractivity contribution in [3.05, 3.63) is 42.5 Å². The van der Waals surface area contributed by atoms with Gasteiger partial charge in [0.15, 0.2) is 23.0 Å². The minimum atomic E-state index is 0.475. The molecule has 0 spiro atoms. The Morgan fingerprint density at radius 3 is 1.44 bits per heavy atom. The fourth-order valence-corrected chi connectivity index (χ4v) is 3.47. The van der Waals surface area contributed by atoms with Crippen LogP contribution in [-0.4, -0.2) is 49.8 Å². The maximum Gasteiger partial charge on any atom is 0.205 e. The summed E-state index contributed by atoms with van der Waals surface area (Å²) in [6.45, 7) is 0. The summed E-state index contributed by atoms with van der Waals surface area (Å²) >= 11 is 0. The maximum absolute atomic E-state index is 5.63. The van der Waals surface area contributed by atoms with Gasteiger partial charge in [-0.2, -0.15) is 0 Å². The molecular weight excluding hydrogens is 440 g/mol. The van der Waals surface area contributed by atoms with Crippen LogP contribution in [0.1, 0.15) is 0 Å². The molecule has 0 aliphatic rings. The fourth-order valence-electron chi connectivity index (χ4n) is 3.47. The van der Waals surface area contributed by atoms with Gasteiger partial charge in [-0.05, 0) is 12.1 Å². The second-order valence-corrected chi connectivity index (χ2v) is 6.99. The summed E-state index contributed by atoms with van der Waals surface area (Å²) in [4.78, 5) is 0. The van der Waals surface area contributed by atoms with E-state index >= 15 is 0 Å². The van der Waals surface area contributed by atoms with Crippen molar-refractivity contribution in [1.29, 1.82) is 0 Å². The quantitative estimate of drug-likeness (QED) is 0.391. The van der Waals surface area contributed by atoms with Gasteiger partial charge >= 0.3 is 0 Å². The second-order valence-electron chi connectivity index (χ2n) is 6.99. The molecule has 0 saturated carbocycles. The molecular formula is C25H30N2O7. The molecule has 9 heteroatoms. The van der Waals surface area contributed by atoms with Crippen LogP contribution in [0.3, 0.4) is 0 Å². The largest absolute Gasteiger partial charge is 0.497 e. The zero-order valence-corrected chi connectivity index (χ0v) is 20.4. The van der Waals surface area contributed by atoms with Crippen LogP contribution in [0, 0.1) is 0 Å². The molecule has 0 radical (unpaired) electrons. The van der Waals surface area contributed by atoms with Crippen molar-refractivity contribution in [2.24, 2.45) is 0 Å². The van der Waals surface area contributed by atoms with Crippen LogP contribution in [0.25, 0.3) is 0 Å². The zero-order chi connectivity index (χ0) is 24.7. The van der Waals surface area contributed by atoms with Crippen molar-refractivity contribution in [2.75, 3.05) is 60.4 Å². The van der Waals surface area contributed by atoms with Gasteiger partial charge in [0.1, 0.15) is 11.5 Å². The van der Waals surface area contributed by atoms with Gasteiger partial charge in [-0.25, -0.2) is 0 Å². The lowest BCUT2D eigenvalue weighted by molar-refractivity contribution is 0.325. The van der Waals surface area contributed by atoms with E-state index < -0.39 is 0 Å². The van der Waals surface area contributed by atoms with Crippen molar-refractivity contribution < 1.29 is 33.2 Å². The minimum absolute atomic E-state index is 0.475. The number of hydrogen-bond donors (Lipinski definition) is 2. The number of anilines is 4. The highest BCUT2D eigenvalue weighted by atomic mass is 16.5. The Hall–Kier alpha value is -4.14. The molecule has 9 nitrogen and oxygen atoms in total. The van der Waals surface area contributed by atoms with Gasteiger partial charge in [0, 0.05) is 36.0 Å². The summed E-state index contributed by atoms with van der Waals surface area (Å²) in [5.41, 5.74) is 2.83. The SMILES string of the molecule is COc1cc(Nc2cc(OC)c(OC)cc2Nc2ccc(OC)c(OC)c2OC)cc(OC)c1. The molecule has 0 amide bonds. The van der Waals surface area contributed by atoms with Crippen LogP contribution in [0.5, 0.6) is 40.2 Å². The predicted octanol–water partition coefficient (Wildman–Crippen LogP) is 5.23. The summed E-state index contributed by atoms with van der Waals surface area (Å²) < 4.78 is 38.4. The standard InChI is InChI=1S/C25H30N2O7/c1-28-16-10-15(11-17(12-16)29-2)26-19-13-22(31-4)23(32-5)14-20(19)27-18-8-9-21(30-3)25(34-7)24(18)33-6/h8-14,26-27H,1-7H3. The van der Waals surface area contributed by atoms with E-state index in [9.17, 15) is 0 Å². The van der Waals surface area contributed by atoms with Crippen LogP contribution in [0.2, 0.25) is 0 Å². The minimum Gasteiger partial charge on any atom is -0.497 e. The first-order valence-electron chi connectivity index (χ1n) is 10.3. The Labute approximate surface area is 199 Å². The number of benzene rings is 3. The van der Waals surface area contributed by atoms with E-state index in [4.69, 9.17) is 33.2 Å². The van der Waals surface area contributed by atoms with Crippen LogP contribution in [0.15, 0.2) is 42.5 Å². The van der Waals surface area contributed by atoms with Crippen molar-refractivity contribution >= 4 is 22.7 Å². The van der Waals surface area contributed by atoms with E-state index in [0.717, 1.165) is 5.69 Å². The van der Waals surface area contributed by atoms with E-state index in [1.165, 1.54) is 0 Å². The number of methoxy groups -OCH3 is 7.